The van der Waals surface area contributed by atoms with Crippen molar-refractivity contribution in [1.29, 1.82) is 0 Å². The fourth-order valence-corrected chi connectivity index (χ4v) is 1.82. The van der Waals surface area contributed by atoms with Crippen LogP contribution in [0.5, 0.6) is 6.01 Å². The van der Waals surface area contributed by atoms with Crippen molar-refractivity contribution >= 4 is 11.6 Å². The molecule has 16 heavy (non-hydrogen) atoms. The summed E-state index contributed by atoms with van der Waals surface area (Å²) < 4.78 is 7.34. The molecule has 0 bridgehead atoms. The molecule has 5 nitrogen and oxygen atoms in total. The minimum atomic E-state index is 0.471. The Kier molecular flexibility index (Phi) is 2.25. The number of halogens is 1. The van der Waals surface area contributed by atoms with Gasteiger partial charge in [-0.2, -0.15) is 0 Å². The smallest absolute Gasteiger partial charge is 0.317 e. The Labute approximate surface area is 97.0 Å². The number of pyridine rings is 1. The number of aromatic nitrogens is 4. The maximum absolute atomic E-state index is 5.74. The Balaban J connectivity index is 2.06. The first-order chi connectivity index (χ1) is 7.84. The molecule has 1 aliphatic heterocycles. The molecule has 0 N–H and O–H groups in total. The maximum atomic E-state index is 5.74. The van der Waals surface area contributed by atoms with Gasteiger partial charge in [-0.25, -0.2) is 4.98 Å². The summed E-state index contributed by atoms with van der Waals surface area (Å²) in [6.45, 7) is 1.58. The minimum Gasteiger partial charge on any atom is -0.463 e. The fraction of sp³-hybridized carbons (Fsp3) is 0.300. The fourth-order valence-electron chi connectivity index (χ4n) is 1.70. The summed E-state index contributed by atoms with van der Waals surface area (Å²) in [4.78, 5) is 4.03. The van der Waals surface area contributed by atoms with Gasteiger partial charge in [0.2, 0.25) is 0 Å². The van der Waals surface area contributed by atoms with Crippen LogP contribution in [0.1, 0.15) is 6.42 Å². The van der Waals surface area contributed by atoms with Crippen LogP contribution in [-0.2, 0) is 6.54 Å². The summed E-state index contributed by atoms with van der Waals surface area (Å²) in [5, 5.41) is 8.56. The lowest BCUT2D eigenvalue weighted by molar-refractivity contribution is 0.231. The lowest BCUT2D eigenvalue weighted by Gasteiger charge is -2.15. The van der Waals surface area contributed by atoms with Gasteiger partial charge in [0.1, 0.15) is 5.15 Å². The van der Waals surface area contributed by atoms with Crippen LogP contribution >= 0.6 is 11.6 Å². The second-order valence-corrected chi connectivity index (χ2v) is 3.92. The molecule has 6 heteroatoms. The quantitative estimate of drug-likeness (QED) is 0.709. The highest BCUT2D eigenvalue weighted by molar-refractivity contribution is 6.29. The standard InChI is InChI=1S/C10H9ClN4O/c11-8-3-2-7(6-12-8)9-13-14-10-15(9)4-1-5-16-10/h2-3,6H,1,4-5H2. The molecule has 2 aromatic rings. The zero-order valence-corrected chi connectivity index (χ0v) is 9.18. The van der Waals surface area contributed by atoms with E-state index in [0.29, 0.717) is 17.8 Å². The molecule has 2 aromatic heterocycles. The largest absolute Gasteiger partial charge is 0.463 e. The third kappa shape index (κ3) is 1.53. The first-order valence-corrected chi connectivity index (χ1v) is 5.40. The lowest BCUT2D eigenvalue weighted by Crippen LogP contribution is -2.14. The van der Waals surface area contributed by atoms with Crippen molar-refractivity contribution < 1.29 is 4.74 Å². The molecule has 3 rings (SSSR count). The van der Waals surface area contributed by atoms with Gasteiger partial charge in [-0.05, 0) is 18.6 Å². The molecule has 82 valence electrons. The van der Waals surface area contributed by atoms with Gasteiger partial charge >= 0.3 is 6.01 Å². The molecule has 0 saturated heterocycles. The number of nitrogens with zero attached hydrogens (tertiary/aromatic N) is 4. The summed E-state index contributed by atoms with van der Waals surface area (Å²) >= 11 is 5.74. The number of hydrogen-bond donors (Lipinski definition) is 0. The van der Waals surface area contributed by atoms with Crippen LogP contribution in [-0.4, -0.2) is 26.4 Å². The number of rotatable bonds is 1. The molecule has 3 heterocycles. The lowest BCUT2D eigenvalue weighted by atomic mass is 10.2. The average Bonchev–Trinajstić information content (AvgIpc) is 2.74. The second kappa shape index (κ2) is 3.75. The Hall–Kier alpha value is -1.62. The van der Waals surface area contributed by atoms with Gasteiger partial charge in [0, 0.05) is 18.3 Å². The van der Waals surface area contributed by atoms with E-state index in [9.17, 15) is 0 Å². The predicted molar refractivity (Wildman–Crippen MR) is 58.4 cm³/mol. The molecule has 0 fully saturated rings. The van der Waals surface area contributed by atoms with Gasteiger partial charge in [-0.15, -0.1) is 5.10 Å². The molecule has 0 radical (unpaired) electrons. The van der Waals surface area contributed by atoms with Gasteiger partial charge in [-0.3, -0.25) is 4.57 Å². The van der Waals surface area contributed by atoms with Gasteiger partial charge in [0.05, 0.1) is 6.61 Å². The topological polar surface area (TPSA) is 52.8 Å². The number of ether oxygens (including phenoxy) is 1. The molecule has 0 saturated carbocycles. The van der Waals surface area contributed by atoms with E-state index in [0.717, 1.165) is 24.4 Å². The Morgan fingerprint density at radius 2 is 2.25 bits per heavy atom. The zero-order chi connectivity index (χ0) is 11.0. The molecule has 0 aliphatic carbocycles. The van der Waals surface area contributed by atoms with Crippen molar-refractivity contribution in [1.82, 2.24) is 19.7 Å². The summed E-state index contributed by atoms with van der Waals surface area (Å²) in [5.74, 6) is 0.777. The normalized spacial score (nSPS) is 14.3. The van der Waals surface area contributed by atoms with Gasteiger partial charge in [0.15, 0.2) is 5.82 Å². The molecular weight excluding hydrogens is 228 g/mol. The Morgan fingerprint density at radius 3 is 3.06 bits per heavy atom. The van der Waals surface area contributed by atoms with Crippen molar-refractivity contribution in [3.8, 4) is 17.4 Å². The second-order valence-electron chi connectivity index (χ2n) is 3.53. The van der Waals surface area contributed by atoms with Crippen LogP contribution in [0.4, 0.5) is 0 Å². The van der Waals surface area contributed by atoms with E-state index in [1.54, 1.807) is 12.3 Å². The highest BCUT2D eigenvalue weighted by atomic mass is 35.5. The molecule has 1 aliphatic rings. The van der Waals surface area contributed by atoms with Crippen LogP contribution in [0.25, 0.3) is 11.4 Å². The van der Waals surface area contributed by atoms with Crippen molar-refractivity contribution in [2.24, 2.45) is 0 Å². The van der Waals surface area contributed by atoms with Gasteiger partial charge in [0.25, 0.3) is 0 Å². The molecule has 0 aromatic carbocycles. The maximum Gasteiger partial charge on any atom is 0.317 e. The van der Waals surface area contributed by atoms with E-state index < -0.39 is 0 Å². The Bertz CT molecular complexity index is 508. The summed E-state index contributed by atoms with van der Waals surface area (Å²) in [6, 6.07) is 4.19. The van der Waals surface area contributed by atoms with Gasteiger partial charge in [-0.1, -0.05) is 16.7 Å². The van der Waals surface area contributed by atoms with E-state index >= 15 is 0 Å². The average molecular weight is 237 g/mol. The minimum absolute atomic E-state index is 0.471. The van der Waals surface area contributed by atoms with E-state index in [-0.39, 0.29) is 0 Å². The van der Waals surface area contributed by atoms with Crippen molar-refractivity contribution in [3.63, 3.8) is 0 Å². The summed E-state index contributed by atoms with van der Waals surface area (Å²) in [6.07, 6.45) is 2.66. The van der Waals surface area contributed by atoms with E-state index in [4.69, 9.17) is 16.3 Å². The third-order valence-corrected chi connectivity index (χ3v) is 2.68. The molecule has 0 atom stereocenters. The van der Waals surface area contributed by atoms with Crippen LogP contribution < -0.4 is 4.74 Å². The monoisotopic (exact) mass is 236 g/mol. The van der Waals surface area contributed by atoms with Crippen molar-refractivity contribution in [2.45, 2.75) is 13.0 Å². The van der Waals surface area contributed by atoms with Crippen LogP contribution in [0.3, 0.4) is 0 Å². The van der Waals surface area contributed by atoms with Crippen LogP contribution in [0, 0.1) is 0 Å². The molecular formula is C10H9ClN4O. The predicted octanol–water partition coefficient (Wildman–Crippen LogP) is 1.78. The third-order valence-electron chi connectivity index (χ3n) is 2.46. The van der Waals surface area contributed by atoms with Crippen LogP contribution in [0.15, 0.2) is 18.3 Å². The zero-order valence-electron chi connectivity index (χ0n) is 8.43. The summed E-state index contributed by atoms with van der Waals surface area (Å²) in [5.41, 5.74) is 0.897. The number of hydrogen-bond acceptors (Lipinski definition) is 4. The molecule has 0 spiro atoms. The van der Waals surface area contributed by atoms with E-state index in [1.807, 2.05) is 10.6 Å². The summed E-state index contributed by atoms with van der Waals surface area (Å²) in [7, 11) is 0. The number of fused-ring (bicyclic) bond motifs is 1. The molecule has 0 amide bonds. The molecule has 0 unspecified atom stereocenters. The first-order valence-electron chi connectivity index (χ1n) is 5.02. The highest BCUT2D eigenvalue weighted by Crippen LogP contribution is 2.24. The Morgan fingerprint density at radius 1 is 1.31 bits per heavy atom. The first kappa shape index (κ1) is 9.59. The SMILES string of the molecule is Clc1ccc(-c2nnc3n2CCCO3)cn1. The highest BCUT2D eigenvalue weighted by Gasteiger charge is 2.18. The van der Waals surface area contributed by atoms with E-state index in [1.165, 1.54) is 0 Å². The van der Waals surface area contributed by atoms with Gasteiger partial charge < -0.3 is 4.74 Å². The van der Waals surface area contributed by atoms with E-state index in [2.05, 4.69) is 15.2 Å². The van der Waals surface area contributed by atoms with Crippen molar-refractivity contribution in [3.05, 3.63) is 23.5 Å². The van der Waals surface area contributed by atoms with Crippen molar-refractivity contribution in [2.75, 3.05) is 6.61 Å². The van der Waals surface area contributed by atoms with Crippen LogP contribution in [0.2, 0.25) is 5.15 Å².